The van der Waals surface area contributed by atoms with Gasteiger partial charge in [-0.3, -0.25) is 24.0 Å². The quantitative estimate of drug-likeness (QED) is 0.316. The smallest absolute Gasteiger partial charge is 0.290 e. The van der Waals surface area contributed by atoms with E-state index in [1.807, 2.05) is 20.8 Å². The summed E-state index contributed by atoms with van der Waals surface area (Å²) >= 11 is 0. The molecule has 1 aromatic rings. The van der Waals surface area contributed by atoms with Crippen molar-refractivity contribution in [3.8, 4) is 0 Å². The molecule has 0 radical (unpaired) electrons. The Kier molecular flexibility index (Phi) is 8.68. The maximum Gasteiger partial charge on any atom is 0.290 e. The molecule has 7 fully saturated rings. The lowest BCUT2D eigenvalue weighted by atomic mass is 9.49. The van der Waals surface area contributed by atoms with E-state index in [1.165, 1.54) is 43.5 Å². The van der Waals surface area contributed by atoms with E-state index in [0.29, 0.717) is 18.5 Å². The average molecular weight is 663 g/mol. The molecule has 4 amide bonds. The molecule has 48 heavy (non-hydrogen) atoms. The Morgan fingerprint density at radius 3 is 2.10 bits per heavy atom. The number of nitrogens with one attached hydrogen (secondary N) is 3. The lowest BCUT2D eigenvalue weighted by Gasteiger charge is -2.56. The first-order chi connectivity index (χ1) is 22.8. The van der Waals surface area contributed by atoms with Crippen molar-refractivity contribution in [2.45, 2.75) is 122 Å². The molecule has 9 nitrogen and oxygen atoms in total. The third-order valence-corrected chi connectivity index (χ3v) is 12.4. The van der Waals surface area contributed by atoms with Gasteiger partial charge in [-0.05, 0) is 122 Å². The topological polar surface area (TPSA) is 125 Å². The van der Waals surface area contributed by atoms with Crippen molar-refractivity contribution in [3.63, 3.8) is 0 Å². The second-order valence-corrected chi connectivity index (χ2v) is 17.4. The molecule has 1 aromatic carbocycles. The van der Waals surface area contributed by atoms with Gasteiger partial charge in [-0.1, -0.05) is 39.3 Å². The average Bonchev–Trinajstić information content (AvgIpc) is 3.57. The maximum atomic E-state index is 14.6. The van der Waals surface area contributed by atoms with Gasteiger partial charge in [0, 0.05) is 19.0 Å². The van der Waals surface area contributed by atoms with Gasteiger partial charge >= 0.3 is 0 Å². The van der Waals surface area contributed by atoms with Crippen LogP contribution in [0, 0.1) is 46.2 Å². The Morgan fingerprint density at radius 1 is 0.896 bits per heavy atom. The van der Waals surface area contributed by atoms with Crippen LogP contribution in [0.15, 0.2) is 24.3 Å². The Balaban J connectivity index is 1.10. The number of fused-ring (bicyclic) bond motifs is 1. The molecule has 0 aromatic heterocycles. The lowest BCUT2D eigenvalue weighted by Crippen LogP contribution is -2.59. The number of carbonyl (C=O) groups excluding carboxylic acids is 5. The highest BCUT2D eigenvalue weighted by Gasteiger charge is 2.54. The van der Waals surface area contributed by atoms with E-state index in [1.54, 1.807) is 4.90 Å². The zero-order chi connectivity index (χ0) is 34.0. The van der Waals surface area contributed by atoms with E-state index in [0.717, 1.165) is 69.1 Å². The van der Waals surface area contributed by atoms with Gasteiger partial charge in [-0.15, -0.1) is 0 Å². The molecule has 0 unspecified atom stereocenters. The van der Waals surface area contributed by atoms with Crippen molar-refractivity contribution in [3.05, 3.63) is 35.6 Å². The molecular weight excluding hydrogens is 611 g/mol. The van der Waals surface area contributed by atoms with E-state index in [9.17, 15) is 28.4 Å². The summed E-state index contributed by atoms with van der Waals surface area (Å²) in [5.74, 6) is -0.807. The number of rotatable bonds is 10. The number of halogens is 1. The van der Waals surface area contributed by atoms with Crippen LogP contribution in [-0.2, 0) is 24.0 Å². The number of Topliss-reactive ketones (excluding diaryl/α,β-unsaturated/α-hetero) is 1. The fourth-order valence-electron chi connectivity index (χ4n) is 10.5. The van der Waals surface area contributed by atoms with Crippen LogP contribution >= 0.6 is 0 Å². The zero-order valence-corrected chi connectivity index (χ0v) is 28.6. The third-order valence-electron chi connectivity index (χ3n) is 12.4. The predicted octanol–water partition coefficient (Wildman–Crippen LogP) is 4.60. The van der Waals surface area contributed by atoms with Gasteiger partial charge < -0.3 is 20.9 Å². The van der Waals surface area contributed by atoms with Crippen molar-refractivity contribution in [1.82, 2.24) is 20.9 Å². The molecular formula is C38H51FN4O5. The van der Waals surface area contributed by atoms with Gasteiger partial charge in [0.2, 0.25) is 23.5 Å². The van der Waals surface area contributed by atoms with Crippen molar-refractivity contribution in [2.24, 2.45) is 40.4 Å². The lowest BCUT2D eigenvalue weighted by molar-refractivity contribution is -0.146. The molecule has 6 saturated carbocycles. The first-order valence-corrected chi connectivity index (χ1v) is 18.3. The largest absolute Gasteiger partial charge is 0.347 e. The first kappa shape index (κ1) is 33.2. The zero-order valence-electron chi connectivity index (χ0n) is 28.6. The number of benzene rings is 1. The summed E-state index contributed by atoms with van der Waals surface area (Å²) in [7, 11) is 0. The van der Waals surface area contributed by atoms with Crippen LogP contribution in [0.4, 0.5) is 4.39 Å². The van der Waals surface area contributed by atoms with Crippen molar-refractivity contribution in [2.75, 3.05) is 6.54 Å². The monoisotopic (exact) mass is 662 g/mol. The SMILES string of the molecule is CC(C)(C)[C@H](NC(=O)CC12CC3CC(CC(C3)C1)C2)C(=O)N1C[C@@H]2CCC[C@@H]2[C@H]1C(=O)N[C@H](C(=O)C(=O)NC1CC1)c1ccc(F)cc1. The molecule has 1 heterocycles. The van der Waals surface area contributed by atoms with Crippen molar-refractivity contribution >= 4 is 29.4 Å². The summed E-state index contributed by atoms with van der Waals surface area (Å²) in [5, 5.41) is 8.68. The standard InChI is InChI=1S/C38H51FN4O5/c1-37(2,3)33(41-29(44)19-38-16-21-13-22(17-38)15-23(14-21)18-38)36(48)43-20-25-5-4-6-28(25)31(43)34(46)42-30(24-7-9-26(39)10-8-24)32(45)35(47)40-27-11-12-27/h7-10,21-23,25,27-28,30-31,33H,4-6,11-20H2,1-3H3,(H,40,47)(H,41,44)(H,42,46)/t21?,22?,23?,25-,28-,30-,31-,33+,38?/m0/s1. The van der Waals surface area contributed by atoms with Crippen LogP contribution in [0.3, 0.4) is 0 Å². The number of amides is 4. The fourth-order valence-corrected chi connectivity index (χ4v) is 10.5. The third kappa shape index (κ3) is 6.65. The van der Waals surface area contributed by atoms with Gasteiger partial charge in [0.1, 0.15) is 23.9 Å². The number of ketones is 1. The van der Waals surface area contributed by atoms with Crippen LogP contribution in [0.5, 0.6) is 0 Å². The molecule has 10 heteroatoms. The van der Waals surface area contributed by atoms with Crippen LogP contribution < -0.4 is 16.0 Å². The number of likely N-dealkylation sites (tertiary alicyclic amines) is 1. The minimum absolute atomic E-state index is 0.0328. The number of hydrogen-bond donors (Lipinski definition) is 3. The van der Waals surface area contributed by atoms with Crippen molar-refractivity contribution < 1.29 is 28.4 Å². The number of hydrogen-bond acceptors (Lipinski definition) is 5. The van der Waals surface area contributed by atoms with Gasteiger partial charge in [-0.25, -0.2) is 4.39 Å². The molecule has 6 aliphatic carbocycles. The number of nitrogens with zero attached hydrogens (tertiary/aromatic N) is 1. The summed E-state index contributed by atoms with van der Waals surface area (Å²) in [6.45, 7) is 6.22. The second-order valence-electron chi connectivity index (χ2n) is 17.4. The van der Waals surface area contributed by atoms with Crippen molar-refractivity contribution in [1.29, 1.82) is 0 Å². The number of carbonyl (C=O) groups is 5. The molecule has 0 spiro atoms. The van der Waals surface area contributed by atoms with Crippen LogP contribution in [0.2, 0.25) is 0 Å². The van der Waals surface area contributed by atoms with E-state index in [4.69, 9.17) is 0 Å². The van der Waals surface area contributed by atoms with Crippen LogP contribution in [0.1, 0.15) is 109 Å². The Bertz CT molecular complexity index is 1430. The molecule has 5 atom stereocenters. The summed E-state index contributed by atoms with van der Waals surface area (Å²) < 4.78 is 13.8. The maximum absolute atomic E-state index is 14.6. The summed E-state index contributed by atoms with van der Waals surface area (Å²) in [6, 6.07) is 2.12. The minimum atomic E-state index is -1.33. The van der Waals surface area contributed by atoms with E-state index >= 15 is 0 Å². The highest BCUT2D eigenvalue weighted by atomic mass is 19.1. The molecule has 1 saturated heterocycles. The Hall–Kier alpha value is -3.30. The highest BCUT2D eigenvalue weighted by molar-refractivity contribution is 6.38. The highest BCUT2D eigenvalue weighted by Crippen LogP contribution is 2.61. The van der Waals surface area contributed by atoms with Gasteiger partial charge in [0.25, 0.3) is 5.91 Å². The Labute approximate surface area is 282 Å². The van der Waals surface area contributed by atoms with Gasteiger partial charge in [0.15, 0.2) is 0 Å². The summed E-state index contributed by atoms with van der Waals surface area (Å²) in [5.41, 5.74) is -0.282. The Morgan fingerprint density at radius 2 is 1.52 bits per heavy atom. The minimum Gasteiger partial charge on any atom is -0.347 e. The normalized spacial score (nSPS) is 33.1. The predicted molar refractivity (Wildman–Crippen MR) is 176 cm³/mol. The summed E-state index contributed by atoms with van der Waals surface area (Å²) in [4.78, 5) is 70.6. The summed E-state index contributed by atoms with van der Waals surface area (Å²) in [6.07, 6.45) is 11.8. The van der Waals surface area contributed by atoms with E-state index in [2.05, 4.69) is 16.0 Å². The van der Waals surface area contributed by atoms with Gasteiger partial charge in [0.05, 0.1) is 0 Å². The second kappa shape index (κ2) is 12.5. The fraction of sp³-hybridized carbons (Fsp3) is 0.711. The van der Waals surface area contributed by atoms with Crippen LogP contribution in [-0.4, -0.2) is 59.0 Å². The van der Waals surface area contributed by atoms with Gasteiger partial charge in [-0.2, -0.15) is 0 Å². The molecule has 260 valence electrons. The van der Waals surface area contributed by atoms with E-state index in [-0.39, 0.29) is 35.1 Å². The first-order valence-electron chi connectivity index (χ1n) is 18.3. The van der Waals surface area contributed by atoms with Crippen LogP contribution in [0.25, 0.3) is 0 Å². The molecule has 8 rings (SSSR count). The molecule has 3 N–H and O–H groups in total. The molecule has 7 aliphatic rings. The molecule has 1 aliphatic heterocycles. The van der Waals surface area contributed by atoms with E-state index < -0.39 is 47.0 Å². The molecule has 4 bridgehead atoms.